The lowest BCUT2D eigenvalue weighted by Gasteiger charge is -2.36. The molecule has 0 spiro atoms. The maximum absolute atomic E-state index is 12.5. The van der Waals surface area contributed by atoms with Crippen molar-refractivity contribution in [1.29, 1.82) is 0 Å². The minimum atomic E-state index is -0.216. The molecule has 0 N–H and O–H groups in total. The topological polar surface area (TPSA) is 58.6 Å². The van der Waals surface area contributed by atoms with E-state index in [1.54, 1.807) is 17.7 Å². The van der Waals surface area contributed by atoms with Crippen molar-refractivity contribution >= 4 is 33.3 Å². The summed E-state index contributed by atoms with van der Waals surface area (Å²) in [6.07, 6.45) is 4.31. The van der Waals surface area contributed by atoms with E-state index in [4.69, 9.17) is 4.74 Å². The number of aromatic nitrogens is 2. The summed E-state index contributed by atoms with van der Waals surface area (Å²) in [6.45, 7) is 5.95. The molecule has 2 saturated heterocycles. The standard InChI is InChI=1S/C17H22N4O2S/c1-2-12-10-13-15(18-11-19-16(13)24-12)20-5-7-21(8-6-20)17(22)14-4-3-9-23-14/h10-11,14H,2-9H2,1H3/t14-/m0/s1. The molecule has 4 heterocycles. The lowest BCUT2D eigenvalue weighted by atomic mass is 10.2. The Morgan fingerprint density at radius 3 is 2.88 bits per heavy atom. The molecule has 2 aromatic heterocycles. The minimum Gasteiger partial charge on any atom is -0.368 e. The van der Waals surface area contributed by atoms with Gasteiger partial charge in [-0.2, -0.15) is 0 Å². The van der Waals surface area contributed by atoms with Gasteiger partial charge in [-0.25, -0.2) is 9.97 Å². The van der Waals surface area contributed by atoms with Crippen LogP contribution >= 0.6 is 11.3 Å². The van der Waals surface area contributed by atoms with Crippen molar-refractivity contribution in [1.82, 2.24) is 14.9 Å². The van der Waals surface area contributed by atoms with Crippen molar-refractivity contribution in [2.75, 3.05) is 37.7 Å². The Balaban J connectivity index is 1.47. The predicted molar refractivity (Wildman–Crippen MR) is 94.6 cm³/mol. The summed E-state index contributed by atoms with van der Waals surface area (Å²) >= 11 is 1.74. The summed E-state index contributed by atoms with van der Waals surface area (Å²) in [6, 6.07) is 2.21. The van der Waals surface area contributed by atoms with Crippen LogP contribution in [-0.4, -0.2) is 59.7 Å². The molecule has 1 amide bonds. The number of rotatable bonds is 3. The van der Waals surface area contributed by atoms with Gasteiger partial charge in [0.25, 0.3) is 5.91 Å². The molecule has 0 aromatic carbocycles. The van der Waals surface area contributed by atoms with E-state index in [2.05, 4.69) is 27.9 Å². The molecule has 128 valence electrons. The summed E-state index contributed by atoms with van der Waals surface area (Å²) in [5.41, 5.74) is 0. The first-order valence-corrected chi connectivity index (χ1v) is 9.46. The Bertz CT molecular complexity index is 733. The van der Waals surface area contributed by atoms with Crippen molar-refractivity contribution in [2.24, 2.45) is 0 Å². The van der Waals surface area contributed by atoms with E-state index >= 15 is 0 Å². The number of carbonyl (C=O) groups is 1. The molecule has 0 aliphatic carbocycles. The number of ether oxygens (including phenoxy) is 1. The molecule has 2 aliphatic heterocycles. The predicted octanol–water partition coefficient (Wildman–Crippen LogP) is 2.08. The van der Waals surface area contributed by atoms with Gasteiger partial charge in [0.05, 0.1) is 5.39 Å². The molecule has 7 heteroatoms. The normalized spacial score (nSPS) is 21.6. The molecule has 4 rings (SSSR count). The van der Waals surface area contributed by atoms with Gasteiger partial charge in [0.2, 0.25) is 0 Å². The lowest BCUT2D eigenvalue weighted by molar-refractivity contribution is -0.141. The van der Waals surface area contributed by atoms with E-state index in [0.717, 1.165) is 61.5 Å². The second-order valence-corrected chi connectivity index (χ2v) is 7.41. The first-order chi connectivity index (χ1) is 11.8. The first-order valence-electron chi connectivity index (χ1n) is 8.65. The lowest BCUT2D eigenvalue weighted by Crippen LogP contribution is -2.51. The summed E-state index contributed by atoms with van der Waals surface area (Å²) < 4.78 is 5.53. The number of hydrogen-bond donors (Lipinski definition) is 0. The van der Waals surface area contributed by atoms with Crippen LogP contribution in [0.2, 0.25) is 0 Å². The first kappa shape index (κ1) is 15.8. The SMILES string of the molecule is CCc1cc2c(N3CCN(C(=O)[C@@H]4CCCO4)CC3)ncnc2s1. The van der Waals surface area contributed by atoms with Crippen LogP contribution in [0.25, 0.3) is 10.2 Å². The molecule has 2 aliphatic rings. The fourth-order valence-corrected chi connectivity index (χ4v) is 4.36. The second kappa shape index (κ2) is 6.64. The number of thiophene rings is 1. The summed E-state index contributed by atoms with van der Waals surface area (Å²) in [5, 5.41) is 1.14. The molecule has 2 aromatic rings. The molecule has 0 unspecified atom stereocenters. The fourth-order valence-electron chi connectivity index (χ4n) is 3.43. The zero-order valence-electron chi connectivity index (χ0n) is 13.9. The molecule has 1 atom stereocenters. The van der Waals surface area contributed by atoms with Gasteiger partial charge < -0.3 is 14.5 Å². The van der Waals surface area contributed by atoms with Crippen LogP contribution in [-0.2, 0) is 16.0 Å². The van der Waals surface area contributed by atoms with Gasteiger partial charge in [-0.3, -0.25) is 4.79 Å². The Hall–Kier alpha value is -1.73. The third-order valence-corrected chi connectivity index (χ3v) is 5.99. The average molecular weight is 346 g/mol. The highest BCUT2D eigenvalue weighted by Crippen LogP contribution is 2.31. The number of carbonyl (C=O) groups excluding carboxylic acids is 1. The highest BCUT2D eigenvalue weighted by atomic mass is 32.1. The molecule has 0 saturated carbocycles. The van der Waals surface area contributed by atoms with Gasteiger partial charge in [-0.1, -0.05) is 6.92 Å². The van der Waals surface area contributed by atoms with E-state index in [1.165, 1.54) is 4.88 Å². The van der Waals surface area contributed by atoms with Crippen LogP contribution in [0.3, 0.4) is 0 Å². The molecular formula is C17H22N4O2S. The van der Waals surface area contributed by atoms with Crippen molar-refractivity contribution in [2.45, 2.75) is 32.3 Å². The van der Waals surface area contributed by atoms with E-state index in [-0.39, 0.29) is 12.0 Å². The van der Waals surface area contributed by atoms with Gasteiger partial charge in [-0.15, -0.1) is 11.3 Å². The molecule has 0 radical (unpaired) electrons. The highest BCUT2D eigenvalue weighted by Gasteiger charge is 2.31. The number of piperazine rings is 1. The van der Waals surface area contributed by atoms with Gasteiger partial charge in [0.15, 0.2) is 0 Å². The van der Waals surface area contributed by atoms with Gasteiger partial charge in [0, 0.05) is 37.7 Å². The molecule has 6 nitrogen and oxygen atoms in total. The Labute approximate surface area is 145 Å². The maximum Gasteiger partial charge on any atom is 0.251 e. The van der Waals surface area contributed by atoms with E-state index < -0.39 is 0 Å². The van der Waals surface area contributed by atoms with Gasteiger partial charge in [0.1, 0.15) is 23.1 Å². The number of nitrogens with zero attached hydrogens (tertiary/aromatic N) is 4. The third kappa shape index (κ3) is 2.86. The van der Waals surface area contributed by atoms with E-state index in [0.29, 0.717) is 6.61 Å². The minimum absolute atomic E-state index is 0.156. The fraction of sp³-hybridized carbons (Fsp3) is 0.588. The van der Waals surface area contributed by atoms with E-state index in [9.17, 15) is 4.79 Å². The van der Waals surface area contributed by atoms with Crippen molar-refractivity contribution in [3.8, 4) is 0 Å². The molecule has 2 fully saturated rings. The second-order valence-electron chi connectivity index (χ2n) is 6.30. The monoisotopic (exact) mass is 346 g/mol. The molecule has 24 heavy (non-hydrogen) atoms. The zero-order chi connectivity index (χ0) is 16.5. The Kier molecular flexibility index (Phi) is 4.37. The zero-order valence-corrected chi connectivity index (χ0v) is 14.7. The highest BCUT2D eigenvalue weighted by molar-refractivity contribution is 7.18. The molecule has 0 bridgehead atoms. The third-order valence-electron chi connectivity index (χ3n) is 4.80. The summed E-state index contributed by atoms with van der Waals surface area (Å²) in [5.74, 6) is 1.16. The van der Waals surface area contributed by atoms with Crippen molar-refractivity contribution in [3.05, 3.63) is 17.3 Å². The van der Waals surface area contributed by atoms with E-state index in [1.807, 2.05) is 4.90 Å². The van der Waals surface area contributed by atoms with Crippen LogP contribution in [0, 0.1) is 0 Å². The number of aryl methyl sites for hydroxylation is 1. The number of hydrogen-bond acceptors (Lipinski definition) is 6. The van der Waals surface area contributed by atoms with Crippen LogP contribution in [0.5, 0.6) is 0 Å². The Morgan fingerprint density at radius 2 is 2.17 bits per heavy atom. The number of fused-ring (bicyclic) bond motifs is 1. The van der Waals surface area contributed by atoms with Crippen LogP contribution in [0.1, 0.15) is 24.6 Å². The quantitative estimate of drug-likeness (QED) is 0.852. The average Bonchev–Trinajstić information content (AvgIpc) is 3.30. The van der Waals surface area contributed by atoms with Gasteiger partial charge in [-0.05, 0) is 25.3 Å². The van der Waals surface area contributed by atoms with Crippen LogP contribution < -0.4 is 4.90 Å². The Morgan fingerprint density at radius 1 is 1.33 bits per heavy atom. The van der Waals surface area contributed by atoms with Crippen LogP contribution in [0.15, 0.2) is 12.4 Å². The van der Waals surface area contributed by atoms with Gasteiger partial charge >= 0.3 is 0 Å². The summed E-state index contributed by atoms with van der Waals surface area (Å²) in [7, 11) is 0. The summed E-state index contributed by atoms with van der Waals surface area (Å²) in [4.78, 5) is 28.0. The van der Waals surface area contributed by atoms with Crippen molar-refractivity contribution < 1.29 is 9.53 Å². The number of amides is 1. The maximum atomic E-state index is 12.5. The smallest absolute Gasteiger partial charge is 0.251 e. The number of anilines is 1. The van der Waals surface area contributed by atoms with Crippen molar-refractivity contribution in [3.63, 3.8) is 0 Å². The molecular weight excluding hydrogens is 324 g/mol. The van der Waals surface area contributed by atoms with Crippen LogP contribution in [0.4, 0.5) is 5.82 Å². The largest absolute Gasteiger partial charge is 0.368 e.